The van der Waals surface area contributed by atoms with Gasteiger partial charge < -0.3 is 10.1 Å². The fourth-order valence-corrected chi connectivity index (χ4v) is 1.87. The van der Waals surface area contributed by atoms with Crippen molar-refractivity contribution in [2.45, 2.75) is 31.8 Å². The number of nitrogens with zero attached hydrogens (tertiary/aromatic N) is 1. The van der Waals surface area contributed by atoms with Crippen LogP contribution >= 0.6 is 0 Å². The second-order valence-electron chi connectivity index (χ2n) is 3.98. The maximum Gasteiger partial charge on any atom is 0.0480 e. The van der Waals surface area contributed by atoms with Crippen LogP contribution in [0.25, 0.3) is 0 Å². The van der Waals surface area contributed by atoms with Crippen LogP contribution < -0.4 is 5.32 Å². The third kappa shape index (κ3) is 3.61. The predicted octanol–water partition coefficient (Wildman–Crippen LogP) is 1.74. The molecule has 0 spiro atoms. The van der Waals surface area contributed by atoms with Gasteiger partial charge in [0.05, 0.1) is 0 Å². The summed E-state index contributed by atoms with van der Waals surface area (Å²) in [7, 11) is 0. The molecule has 0 amide bonds. The van der Waals surface area contributed by atoms with Crippen molar-refractivity contribution in [1.82, 2.24) is 10.3 Å². The molecule has 2 rings (SSSR count). The lowest BCUT2D eigenvalue weighted by atomic mass is 10.1. The molecule has 82 valence electrons. The molecule has 1 saturated heterocycles. The molecular weight excluding hydrogens is 188 g/mol. The van der Waals surface area contributed by atoms with Gasteiger partial charge in [0.2, 0.25) is 0 Å². The molecule has 1 aliphatic heterocycles. The Morgan fingerprint density at radius 2 is 2.13 bits per heavy atom. The Hall–Kier alpha value is -0.930. The smallest absolute Gasteiger partial charge is 0.0480 e. The quantitative estimate of drug-likeness (QED) is 0.818. The van der Waals surface area contributed by atoms with Crippen LogP contribution in [-0.4, -0.2) is 24.2 Å². The first kappa shape index (κ1) is 10.6. The number of hydrogen-bond donors (Lipinski definition) is 1. The van der Waals surface area contributed by atoms with E-state index in [1.807, 2.05) is 12.4 Å². The Labute approximate surface area is 90.9 Å². The summed E-state index contributed by atoms with van der Waals surface area (Å²) < 4.78 is 5.43. The Kier molecular flexibility index (Phi) is 4.11. The van der Waals surface area contributed by atoms with Crippen LogP contribution in [-0.2, 0) is 11.3 Å². The Morgan fingerprint density at radius 3 is 3.00 bits per heavy atom. The molecule has 0 saturated carbocycles. The summed E-state index contributed by atoms with van der Waals surface area (Å²) in [4.78, 5) is 4.01. The third-order valence-electron chi connectivity index (χ3n) is 2.80. The molecule has 1 aromatic rings. The molecule has 1 fully saturated rings. The van der Waals surface area contributed by atoms with Crippen LogP contribution in [0.1, 0.15) is 24.8 Å². The van der Waals surface area contributed by atoms with Gasteiger partial charge in [-0.05, 0) is 37.0 Å². The zero-order chi connectivity index (χ0) is 10.3. The summed E-state index contributed by atoms with van der Waals surface area (Å²) in [6.45, 7) is 2.76. The predicted molar refractivity (Wildman–Crippen MR) is 59.5 cm³/mol. The van der Waals surface area contributed by atoms with Gasteiger partial charge in [-0.15, -0.1) is 0 Å². The average Bonchev–Trinajstić information content (AvgIpc) is 2.56. The summed E-state index contributed by atoms with van der Waals surface area (Å²) in [6, 6.07) is 4.72. The van der Waals surface area contributed by atoms with Crippen LogP contribution in [0.4, 0.5) is 0 Å². The molecule has 0 radical (unpaired) electrons. The lowest BCUT2D eigenvalue weighted by molar-refractivity contribution is 0.142. The highest BCUT2D eigenvalue weighted by Gasteiger charge is 2.11. The number of aromatic nitrogens is 1. The second-order valence-corrected chi connectivity index (χ2v) is 3.98. The first-order valence-corrected chi connectivity index (χ1v) is 5.65. The van der Waals surface area contributed by atoms with Gasteiger partial charge in [0.15, 0.2) is 0 Å². The zero-order valence-corrected chi connectivity index (χ0v) is 8.98. The van der Waals surface area contributed by atoms with E-state index < -0.39 is 0 Å². The highest BCUT2D eigenvalue weighted by Crippen LogP contribution is 2.08. The molecule has 1 aromatic heterocycles. The summed E-state index contributed by atoms with van der Waals surface area (Å²) >= 11 is 0. The molecule has 0 aromatic carbocycles. The molecule has 1 unspecified atom stereocenters. The maximum atomic E-state index is 5.43. The number of hydrogen-bond acceptors (Lipinski definition) is 3. The number of pyridine rings is 1. The Morgan fingerprint density at radius 1 is 1.27 bits per heavy atom. The van der Waals surface area contributed by atoms with E-state index in [0.29, 0.717) is 6.04 Å². The van der Waals surface area contributed by atoms with E-state index in [-0.39, 0.29) is 0 Å². The van der Waals surface area contributed by atoms with E-state index >= 15 is 0 Å². The molecule has 0 aliphatic carbocycles. The molecule has 3 nitrogen and oxygen atoms in total. The molecular formula is C12H18N2O. The minimum Gasteiger partial charge on any atom is -0.381 e. The van der Waals surface area contributed by atoms with E-state index in [9.17, 15) is 0 Å². The fraction of sp³-hybridized carbons (Fsp3) is 0.583. The van der Waals surface area contributed by atoms with E-state index in [1.165, 1.54) is 18.4 Å². The van der Waals surface area contributed by atoms with Crippen LogP contribution in [0, 0.1) is 0 Å². The van der Waals surface area contributed by atoms with Crippen LogP contribution in [0.15, 0.2) is 24.5 Å². The summed E-state index contributed by atoms with van der Waals surface area (Å²) in [5.41, 5.74) is 1.30. The van der Waals surface area contributed by atoms with Crippen molar-refractivity contribution < 1.29 is 4.74 Å². The van der Waals surface area contributed by atoms with E-state index in [2.05, 4.69) is 22.4 Å². The Balaban J connectivity index is 1.77. The average molecular weight is 206 g/mol. The van der Waals surface area contributed by atoms with Crippen molar-refractivity contribution in [3.8, 4) is 0 Å². The van der Waals surface area contributed by atoms with Gasteiger partial charge in [0, 0.05) is 38.2 Å². The van der Waals surface area contributed by atoms with E-state index in [1.54, 1.807) is 0 Å². The molecule has 15 heavy (non-hydrogen) atoms. The van der Waals surface area contributed by atoms with Crippen molar-refractivity contribution in [2.75, 3.05) is 13.2 Å². The molecule has 1 N–H and O–H groups in total. The third-order valence-corrected chi connectivity index (χ3v) is 2.80. The highest BCUT2D eigenvalue weighted by molar-refractivity contribution is 5.09. The minimum atomic E-state index is 0.612. The number of rotatable bonds is 3. The normalized spacial score (nSPS) is 22.3. The number of nitrogens with one attached hydrogen (secondary N) is 1. The SMILES string of the molecule is c1cc(CNC2CCCOCC2)ccn1. The molecule has 3 heteroatoms. The van der Waals surface area contributed by atoms with Gasteiger partial charge in [0.1, 0.15) is 0 Å². The van der Waals surface area contributed by atoms with E-state index in [0.717, 1.165) is 26.2 Å². The molecule has 2 heterocycles. The first-order chi connectivity index (χ1) is 7.45. The van der Waals surface area contributed by atoms with Gasteiger partial charge in [-0.25, -0.2) is 0 Å². The van der Waals surface area contributed by atoms with Gasteiger partial charge in [-0.1, -0.05) is 0 Å². The first-order valence-electron chi connectivity index (χ1n) is 5.65. The van der Waals surface area contributed by atoms with Crippen molar-refractivity contribution in [2.24, 2.45) is 0 Å². The minimum absolute atomic E-state index is 0.612. The lowest BCUT2D eigenvalue weighted by Gasteiger charge is -2.15. The topological polar surface area (TPSA) is 34.1 Å². The summed E-state index contributed by atoms with van der Waals surface area (Å²) in [6.07, 6.45) is 7.21. The van der Waals surface area contributed by atoms with Gasteiger partial charge >= 0.3 is 0 Å². The van der Waals surface area contributed by atoms with Crippen molar-refractivity contribution in [3.05, 3.63) is 30.1 Å². The van der Waals surface area contributed by atoms with Gasteiger partial charge in [0.25, 0.3) is 0 Å². The van der Waals surface area contributed by atoms with Crippen LogP contribution in [0.3, 0.4) is 0 Å². The van der Waals surface area contributed by atoms with E-state index in [4.69, 9.17) is 4.74 Å². The maximum absolute atomic E-state index is 5.43. The Bertz CT molecular complexity index is 268. The van der Waals surface area contributed by atoms with Gasteiger partial charge in [-0.3, -0.25) is 4.98 Å². The second kappa shape index (κ2) is 5.83. The zero-order valence-electron chi connectivity index (χ0n) is 8.98. The fourth-order valence-electron chi connectivity index (χ4n) is 1.87. The molecule has 1 aliphatic rings. The molecule has 0 bridgehead atoms. The molecule has 1 atom stereocenters. The van der Waals surface area contributed by atoms with Crippen molar-refractivity contribution >= 4 is 0 Å². The summed E-state index contributed by atoms with van der Waals surface area (Å²) in [5.74, 6) is 0. The van der Waals surface area contributed by atoms with Crippen molar-refractivity contribution in [1.29, 1.82) is 0 Å². The monoisotopic (exact) mass is 206 g/mol. The largest absolute Gasteiger partial charge is 0.381 e. The highest BCUT2D eigenvalue weighted by atomic mass is 16.5. The van der Waals surface area contributed by atoms with Crippen LogP contribution in [0.5, 0.6) is 0 Å². The van der Waals surface area contributed by atoms with Crippen molar-refractivity contribution in [3.63, 3.8) is 0 Å². The number of ether oxygens (including phenoxy) is 1. The summed E-state index contributed by atoms with van der Waals surface area (Å²) in [5, 5.41) is 3.57. The van der Waals surface area contributed by atoms with Crippen LogP contribution in [0.2, 0.25) is 0 Å². The lowest BCUT2D eigenvalue weighted by Crippen LogP contribution is -2.28. The standard InChI is InChI=1S/C12H18N2O/c1-2-12(5-9-15-8-1)14-10-11-3-6-13-7-4-11/h3-4,6-7,12,14H,1-2,5,8-10H2. The van der Waals surface area contributed by atoms with Gasteiger partial charge in [-0.2, -0.15) is 0 Å².